The van der Waals surface area contributed by atoms with Gasteiger partial charge in [0.2, 0.25) is 0 Å². The van der Waals surface area contributed by atoms with Gasteiger partial charge in [0.05, 0.1) is 12.6 Å². The lowest BCUT2D eigenvalue weighted by Gasteiger charge is -2.20. The summed E-state index contributed by atoms with van der Waals surface area (Å²) in [6.45, 7) is 4.64. The van der Waals surface area contributed by atoms with Crippen LogP contribution in [0.2, 0.25) is 0 Å². The molecule has 0 heterocycles. The second-order valence-corrected chi connectivity index (χ2v) is 6.70. The molecule has 0 saturated heterocycles. The average molecular weight is 384 g/mol. The minimum Gasteiger partial charge on any atom is -0.450 e. The summed E-state index contributed by atoms with van der Waals surface area (Å²) in [4.78, 5) is 23.5. The van der Waals surface area contributed by atoms with E-state index in [0.29, 0.717) is 19.7 Å². The number of carbonyl (C=O) groups excluding carboxylic acids is 2. The van der Waals surface area contributed by atoms with E-state index < -0.39 is 12.0 Å². The van der Waals surface area contributed by atoms with Gasteiger partial charge in [0, 0.05) is 19.3 Å². The zero-order valence-electron chi connectivity index (χ0n) is 16.5. The lowest BCUT2D eigenvalue weighted by molar-refractivity contribution is -0.117. The molecule has 28 heavy (non-hydrogen) atoms. The Morgan fingerprint density at radius 1 is 1.25 bits per heavy atom. The Labute approximate surface area is 166 Å². The number of benzene rings is 1. The van der Waals surface area contributed by atoms with Crippen LogP contribution in [0.3, 0.4) is 0 Å². The van der Waals surface area contributed by atoms with Crippen LogP contribution in [-0.2, 0) is 22.4 Å². The van der Waals surface area contributed by atoms with Crippen molar-refractivity contribution in [1.29, 1.82) is 5.26 Å². The molecule has 0 saturated carbocycles. The number of nitrogens with zero attached hydrogens (tertiary/aromatic N) is 1. The van der Waals surface area contributed by atoms with Gasteiger partial charge in [-0.3, -0.25) is 4.79 Å². The fraction of sp³-hybridized carbons (Fsp3) is 0.476. The lowest BCUT2D eigenvalue weighted by atomic mass is 9.89. The first-order chi connectivity index (χ1) is 13.5. The molecule has 7 heteroatoms. The van der Waals surface area contributed by atoms with Crippen LogP contribution < -0.4 is 16.0 Å². The van der Waals surface area contributed by atoms with E-state index in [4.69, 9.17) is 4.74 Å². The first-order valence-corrected chi connectivity index (χ1v) is 9.72. The van der Waals surface area contributed by atoms with Crippen LogP contribution in [0.25, 0.3) is 0 Å². The van der Waals surface area contributed by atoms with Crippen LogP contribution in [0.1, 0.15) is 49.4 Å². The molecular weight excluding hydrogens is 356 g/mol. The zero-order chi connectivity index (χ0) is 20.4. The number of carbonyl (C=O) groups is 2. The number of alkyl carbamates (subject to hydrolysis) is 1. The minimum absolute atomic E-state index is 0.0130. The maximum Gasteiger partial charge on any atom is 0.407 e. The third kappa shape index (κ3) is 6.31. The summed E-state index contributed by atoms with van der Waals surface area (Å²) in [5, 5.41) is 17.5. The number of hydrogen-bond donors (Lipinski definition) is 3. The molecule has 1 aromatic rings. The van der Waals surface area contributed by atoms with Gasteiger partial charge in [0.25, 0.3) is 5.91 Å². The molecule has 1 aliphatic rings. The highest BCUT2D eigenvalue weighted by Gasteiger charge is 2.16. The van der Waals surface area contributed by atoms with Crippen molar-refractivity contribution in [2.45, 2.75) is 45.6 Å². The molecule has 7 nitrogen and oxygen atoms in total. The molecule has 150 valence electrons. The monoisotopic (exact) mass is 384 g/mol. The fourth-order valence-electron chi connectivity index (χ4n) is 3.12. The van der Waals surface area contributed by atoms with Gasteiger partial charge in [0.1, 0.15) is 11.6 Å². The first kappa shape index (κ1) is 21.3. The first-order valence-electron chi connectivity index (χ1n) is 9.72. The van der Waals surface area contributed by atoms with E-state index in [1.54, 1.807) is 6.92 Å². The number of ether oxygens (including phenoxy) is 1. The zero-order valence-corrected chi connectivity index (χ0v) is 16.5. The quantitative estimate of drug-likeness (QED) is 0.363. The van der Waals surface area contributed by atoms with E-state index in [2.05, 4.69) is 28.1 Å². The summed E-state index contributed by atoms with van der Waals surface area (Å²) in [7, 11) is 0. The van der Waals surface area contributed by atoms with Gasteiger partial charge in [-0.05, 0) is 56.2 Å². The predicted octanol–water partition coefficient (Wildman–Crippen LogP) is 2.49. The van der Waals surface area contributed by atoms with E-state index in [1.165, 1.54) is 30.2 Å². The topological polar surface area (TPSA) is 103 Å². The molecule has 0 aliphatic heterocycles. The van der Waals surface area contributed by atoms with Gasteiger partial charge in [-0.15, -0.1) is 0 Å². The molecule has 2 amide bonds. The van der Waals surface area contributed by atoms with E-state index in [1.807, 2.05) is 19.1 Å². The summed E-state index contributed by atoms with van der Waals surface area (Å²) in [5.74, 6) is -0.432. The highest BCUT2D eigenvalue weighted by molar-refractivity contribution is 5.97. The van der Waals surface area contributed by atoms with Crippen LogP contribution in [0.5, 0.6) is 0 Å². The van der Waals surface area contributed by atoms with Gasteiger partial charge in [0.15, 0.2) is 0 Å². The second-order valence-electron chi connectivity index (χ2n) is 6.70. The Hall–Kier alpha value is -3.01. The van der Waals surface area contributed by atoms with Crippen LogP contribution in [0, 0.1) is 11.3 Å². The molecule has 0 aromatic heterocycles. The van der Waals surface area contributed by atoms with Crippen LogP contribution in [-0.4, -0.2) is 31.7 Å². The van der Waals surface area contributed by atoms with Crippen LogP contribution >= 0.6 is 0 Å². The summed E-state index contributed by atoms with van der Waals surface area (Å²) in [5.41, 5.74) is 3.78. The van der Waals surface area contributed by atoms with Gasteiger partial charge in [-0.1, -0.05) is 18.2 Å². The van der Waals surface area contributed by atoms with Crippen LogP contribution in [0.15, 0.2) is 30.0 Å². The summed E-state index contributed by atoms with van der Waals surface area (Å²) >= 11 is 0. The van der Waals surface area contributed by atoms with Crippen molar-refractivity contribution in [1.82, 2.24) is 16.0 Å². The van der Waals surface area contributed by atoms with Crippen molar-refractivity contribution in [2.75, 3.05) is 19.7 Å². The molecule has 0 fully saturated rings. The molecule has 3 N–H and O–H groups in total. The Morgan fingerprint density at radius 3 is 2.71 bits per heavy atom. The number of amides is 2. The molecule has 0 spiro atoms. The van der Waals surface area contributed by atoms with E-state index >= 15 is 0 Å². The minimum atomic E-state index is -0.495. The number of nitriles is 1. The van der Waals surface area contributed by atoms with Crippen LogP contribution in [0.4, 0.5) is 4.79 Å². The largest absolute Gasteiger partial charge is 0.450 e. The molecule has 1 atom stereocenters. The Balaban J connectivity index is 1.85. The average Bonchev–Trinajstić information content (AvgIpc) is 2.70. The Bertz CT molecular complexity index is 767. The van der Waals surface area contributed by atoms with Crippen molar-refractivity contribution in [2.24, 2.45) is 0 Å². The maximum absolute atomic E-state index is 12.4. The maximum atomic E-state index is 12.4. The number of fused-ring (bicyclic) bond motifs is 1. The second kappa shape index (κ2) is 11.0. The normalized spacial score (nSPS) is 14.2. The third-order valence-corrected chi connectivity index (χ3v) is 4.65. The highest BCUT2D eigenvalue weighted by atomic mass is 16.5. The standard InChI is InChI=1S/C21H28N4O3/c1-3-28-21(27)24-11-10-23-14-19(13-22)20(26)25-15(2)17-9-8-16-6-4-5-7-18(16)12-17/h8-9,12,14-15,23H,3-7,10-11H2,1-2H3,(H,24,27)(H,25,26)/b19-14-. The van der Waals surface area contributed by atoms with Gasteiger partial charge in [-0.25, -0.2) is 4.79 Å². The van der Waals surface area contributed by atoms with Gasteiger partial charge in [-0.2, -0.15) is 5.26 Å². The number of aryl methyl sites for hydroxylation is 2. The lowest BCUT2D eigenvalue weighted by Crippen LogP contribution is -2.32. The summed E-state index contributed by atoms with van der Waals surface area (Å²) < 4.78 is 4.74. The number of rotatable bonds is 8. The molecule has 2 rings (SSSR count). The van der Waals surface area contributed by atoms with Crippen molar-refractivity contribution in [3.63, 3.8) is 0 Å². The SMILES string of the molecule is CCOC(=O)NCCN/C=C(/C#N)C(=O)NC(C)c1ccc2c(c1)CCCC2. The summed E-state index contributed by atoms with van der Waals surface area (Å²) in [6.07, 6.45) is 5.50. The Kier molecular flexibility index (Phi) is 8.35. The van der Waals surface area contributed by atoms with Gasteiger partial charge < -0.3 is 20.7 Å². The highest BCUT2D eigenvalue weighted by Crippen LogP contribution is 2.24. The van der Waals surface area contributed by atoms with Crippen molar-refractivity contribution in [3.8, 4) is 6.07 Å². The molecule has 0 radical (unpaired) electrons. The van der Waals surface area contributed by atoms with E-state index in [-0.39, 0.29) is 11.6 Å². The smallest absolute Gasteiger partial charge is 0.407 e. The van der Waals surface area contributed by atoms with E-state index in [9.17, 15) is 14.9 Å². The molecule has 1 aromatic carbocycles. The molecule has 1 aliphatic carbocycles. The molecule has 1 unspecified atom stereocenters. The number of nitrogens with one attached hydrogen (secondary N) is 3. The van der Waals surface area contributed by atoms with Crippen molar-refractivity contribution >= 4 is 12.0 Å². The molecule has 0 bridgehead atoms. The fourth-order valence-corrected chi connectivity index (χ4v) is 3.12. The summed E-state index contributed by atoms with van der Waals surface area (Å²) in [6, 6.07) is 8.06. The van der Waals surface area contributed by atoms with Crippen molar-refractivity contribution in [3.05, 3.63) is 46.7 Å². The predicted molar refractivity (Wildman–Crippen MR) is 106 cm³/mol. The molecular formula is C21H28N4O3. The number of hydrogen-bond acceptors (Lipinski definition) is 5. The van der Waals surface area contributed by atoms with E-state index in [0.717, 1.165) is 18.4 Å². The third-order valence-electron chi connectivity index (χ3n) is 4.65. The van der Waals surface area contributed by atoms with Crippen molar-refractivity contribution < 1.29 is 14.3 Å². The Morgan fingerprint density at radius 2 is 2.00 bits per heavy atom. The van der Waals surface area contributed by atoms with Gasteiger partial charge >= 0.3 is 6.09 Å².